The zero-order valence-corrected chi connectivity index (χ0v) is 23.1. The van der Waals surface area contributed by atoms with E-state index in [9.17, 15) is 34.2 Å². The van der Waals surface area contributed by atoms with Gasteiger partial charge in [-0.1, -0.05) is 19.4 Å². The highest BCUT2D eigenvalue weighted by Crippen LogP contribution is 2.67. The second kappa shape index (κ2) is 10.1. The Hall–Kier alpha value is -2.55. The summed E-state index contributed by atoms with van der Waals surface area (Å²) in [6.07, 6.45) is 8.48. The van der Waals surface area contributed by atoms with Crippen molar-refractivity contribution in [2.24, 2.45) is 28.6 Å². The first-order chi connectivity index (χ1) is 18.4. The second-order valence-electron chi connectivity index (χ2n) is 13.0. The van der Waals surface area contributed by atoms with Gasteiger partial charge in [-0.15, -0.1) is 0 Å². The third-order valence-corrected chi connectivity index (χ3v) is 11.3. The number of rotatable bonds is 7. The number of hydrogen-bond donors (Lipinski definition) is 2. The molecular formula is C30H41NO8. The van der Waals surface area contributed by atoms with Crippen molar-refractivity contribution >= 4 is 29.4 Å². The van der Waals surface area contributed by atoms with Crippen molar-refractivity contribution in [1.29, 1.82) is 0 Å². The van der Waals surface area contributed by atoms with Gasteiger partial charge in [0.2, 0.25) is 11.7 Å². The zero-order valence-electron chi connectivity index (χ0n) is 23.1. The molecule has 4 aliphatic carbocycles. The molecule has 39 heavy (non-hydrogen) atoms. The Bertz CT molecular complexity index is 1110. The van der Waals surface area contributed by atoms with Crippen molar-refractivity contribution in [3.05, 3.63) is 11.6 Å². The Morgan fingerprint density at radius 3 is 2.49 bits per heavy atom. The Labute approximate surface area is 229 Å². The number of carboxylic acid groups (broad SMARTS) is 1. The number of nitrogens with zero attached hydrogens (tertiary/aromatic N) is 1. The lowest BCUT2D eigenvalue weighted by atomic mass is 9.46. The molecule has 9 heteroatoms. The molecule has 1 saturated heterocycles. The zero-order chi connectivity index (χ0) is 28.2. The Kier molecular flexibility index (Phi) is 7.27. The fourth-order valence-electron chi connectivity index (χ4n) is 9.05. The summed E-state index contributed by atoms with van der Waals surface area (Å²) in [5, 5.41) is 21.0. The number of Topliss-reactive ketones (excluding diaryl/α,β-unsaturated/α-hetero) is 1. The summed E-state index contributed by atoms with van der Waals surface area (Å²) in [5.41, 5.74) is -0.878. The number of carboxylic acids is 1. The van der Waals surface area contributed by atoms with E-state index in [0.717, 1.165) is 32.1 Å². The van der Waals surface area contributed by atoms with Crippen LogP contribution in [0.5, 0.6) is 0 Å². The van der Waals surface area contributed by atoms with Crippen LogP contribution in [0.2, 0.25) is 0 Å². The molecule has 5 rings (SSSR count). The number of fused-ring (bicyclic) bond motifs is 5. The number of esters is 1. The Morgan fingerprint density at radius 1 is 1.00 bits per heavy atom. The van der Waals surface area contributed by atoms with E-state index in [-0.39, 0.29) is 30.0 Å². The summed E-state index contributed by atoms with van der Waals surface area (Å²) in [6.45, 7) is 4.14. The van der Waals surface area contributed by atoms with Gasteiger partial charge < -0.3 is 19.8 Å². The molecule has 1 amide bonds. The largest absolute Gasteiger partial charge is 0.480 e. The maximum atomic E-state index is 13.4. The molecule has 4 fully saturated rings. The third-order valence-electron chi connectivity index (χ3n) is 11.3. The van der Waals surface area contributed by atoms with Gasteiger partial charge in [-0.3, -0.25) is 19.2 Å². The maximum absolute atomic E-state index is 13.4. The SMILES string of the molecule is C[C@]12CCC(=O)C=C1CC[C@@H]1[C@@H]2CC[C@@]2(C)[C@H]1CC[C@]2(O)C(=O)COC(=O)CCC(=O)N1CCC[C@H]1C(=O)O. The number of ether oxygens (including phenoxy) is 1. The fourth-order valence-corrected chi connectivity index (χ4v) is 9.05. The maximum Gasteiger partial charge on any atom is 0.326 e. The van der Waals surface area contributed by atoms with E-state index in [1.54, 1.807) is 0 Å². The first-order valence-electron chi connectivity index (χ1n) is 14.6. The predicted octanol–water partition coefficient (Wildman–Crippen LogP) is 3.22. The van der Waals surface area contributed by atoms with Gasteiger partial charge in [0.25, 0.3) is 0 Å². The molecule has 2 N–H and O–H groups in total. The van der Waals surface area contributed by atoms with E-state index in [4.69, 9.17) is 4.74 Å². The lowest BCUT2D eigenvalue weighted by molar-refractivity contribution is -0.170. The van der Waals surface area contributed by atoms with E-state index >= 15 is 0 Å². The molecule has 0 bridgehead atoms. The third kappa shape index (κ3) is 4.54. The van der Waals surface area contributed by atoms with Crippen molar-refractivity contribution in [3.8, 4) is 0 Å². The number of amides is 1. The van der Waals surface area contributed by atoms with Gasteiger partial charge >= 0.3 is 11.9 Å². The number of carbonyl (C=O) groups excluding carboxylic acids is 4. The van der Waals surface area contributed by atoms with Gasteiger partial charge in [0.1, 0.15) is 11.6 Å². The van der Waals surface area contributed by atoms with Crippen LogP contribution in [0.25, 0.3) is 0 Å². The van der Waals surface area contributed by atoms with E-state index in [1.807, 2.05) is 13.0 Å². The molecule has 0 aromatic heterocycles. The molecule has 0 aromatic rings. The van der Waals surface area contributed by atoms with Crippen molar-refractivity contribution in [2.45, 2.75) is 103 Å². The quantitative estimate of drug-likeness (QED) is 0.467. The minimum absolute atomic E-state index is 0.00931. The van der Waals surface area contributed by atoms with Crippen LogP contribution in [0.4, 0.5) is 0 Å². The first-order valence-corrected chi connectivity index (χ1v) is 14.6. The van der Waals surface area contributed by atoms with Crippen molar-refractivity contribution < 1.29 is 38.9 Å². The number of aliphatic hydroxyl groups is 1. The summed E-state index contributed by atoms with van der Waals surface area (Å²) in [5.74, 6) is -1.41. The highest BCUT2D eigenvalue weighted by Gasteiger charge is 2.66. The van der Waals surface area contributed by atoms with Gasteiger partial charge in [0.15, 0.2) is 12.4 Å². The molecule has 1 heterocycles. The summed E-state index contributed by atoms with van der Waals surface area (Å²) < 4.78 is 5.22. The van der Waals surface area contributed by atoms with Crippen LogP contribution in [0.3, 0.4) is 0 Å². The van der Waals surface area contributed by atoms with Crippen LogP contribution >= 0.6 is 0 Å². The van der Waals surface area contributed by atoms with Gasteiger partial charge in [-0.2, -0.15) is 0 Å². The highest BCUT2D eigenvalue weighted by atomic mass is 16.5. The molecule has 1 aliphatic heterocycles. The van der Waals surface area contributed by atoms with Crippen molar-refractivity contribution in [1.82, 2.24) is 4.90 Å². The van der Waals surface area contributed by atoms with Crippen LogP contribution in [0.1, 0.15) is 90.9 Å². The van der Waals surface area contributed by atoms with Gasteiger partial charge in [0.05, 0.1) is 6.42 Å². The van der Waals surface area contributed by atoms with Gasteiger partial charge in [0, 0.05) is 24.8 Å². The normalized spacial score (nSPS) is 39.3. The smallest absolute Gasteiger partial charge is 0.326 e. The summed E-state index contributed by atoms with van der Waals surface area (Å²) in [4.78, 5) is 62.9. The van der Waals surface area contributed by atoms with Crippen LogP contribution < -0.4 is 0 Å². The Balaban J connectivity index is 1.18. The van der Waals surface area contributed by atoms with Gasteiger partial charge in [-0.05, 0) is 87.0 Å². The van der Waals surface area contributed by atoms with Gasteiger partial charge in [-0.25, -0.2) is 4.79 Å². The second-order valence-corrected chi connectivity index (χ2v) is 13.0. The predicted molar refractivity (Wildman–Crippen MR) is 139 cm³/mol. The van der Waals surface area contributed by atoms with Crippen LogP contribution in [0, 0.1) is 28.6 Å². The molecule has 0 radical (unpaired) electrons. The lowest BCUT2D eigenvalue weighted by Crippen LogP contribution is -2.58. The summed E-state index contributed by atoms with van der Waals surface area (Å²) >= 11 is 0. The molecule has 214 valence electrons. The van der Waals surface area contributed by atoms with Crippen molar-refractivity contribution in [2.75, 3.05) is 13.2 Å². The van der Waals surface area contributed by atoms with E-state index in [1.165, 1.54) is 10.5 Å². The average Bonchev–Trinajstić information content (AvgIpc) is 3.50. The van der Waals surface area contributed by atoms with Crippen LogP contribution in [0.15, 0.2) is 11.6 Å². The fraction of sp³-hybridized carbons (Fsp3) is 0.767. The molecule has 7 atom stereocenters. The topological polar surface area (TPSA) is 138 Å². The van der Waals surface area contributed by atoms with E-state index < -0.39 is 47.3 Å². The monoisotopic (exact) mass is 543 g/mol. The van der Waals surface area contributed by atoms with E-state index in [2.05, 4.69) is 6.92 Å². The minimum atomic E-state index is -1.57. The number of aliphatic carboxylic acids is 1. The molecule has 0 aromatic carbocycles. The number of likely N-dealkylation sites (tertiary alicyclic amines) is 1. The number of ketones is 2. The molecule has 9 nitrogen and oxygen atoms in total. The first kappa shape index (κ1) is 28.0. The molecule has 0 unspecified atom stereocenters. The lowest BCUT2D eigenvalue weighted by Gasteiger charge is -2.58. The molecule has 3 saturated carbocycles. The summed E-state index contributed by atoms with van der Waals surface area (Å²) in [7, 11) is 0. The van der Waals surface area contributed by atoms with Crippen molar-refractivity contribution in [3.63, 3.8) is 0 Å². The van der Waals surface area contributed by atoms with E-state index in [0.29, 0.717) is 50.5 Å². The number of carbonyl (C=O) groups is 5. The van der Waals surface area contributed by atoms with Crippen LogP contribution in [-0.4, -0.2) is 69.3 Å². The standard InChI is InChI=1S/C30H41NO8/c1-28-12-9-19(32)16-18(28)5-6-20-21(28)10-13-29(2)22(20)11-14-30(29,38)24(33)17-39-26(35)8-7-25(34)31-15-3-4-23(31)27(36)37/h16,20-23,38H,3-15,17H2,1-2H3,(H,36,37)/t20-,21+,22+,23+,28+,29+,30+/m1/s1. The molecular weight excluding hydrogens is 502 g/mol. The van der Waals surface area contributed by atoms with Crippen LogP contribution in [-0.2, 0) is 28.7 Å². The minimum Gasteiger partial charge on any atom is -0.480 e. The molecule has 5 aliphatic rings. The Morgan fingerprint density at radius 2 is 1.74 bits per heavy atom. The summed E-state index contributed by atoms with van der Waals surface area (Å²) in [6, 6.07) is -0.856. The molecule has 0 spiro atoms. The number of hydrogen-bond acceptors (Lipinski definition) is 7. The highest BCUT2D eigenvalue weighted by molar-refractivity contribution is 5.92. The number of allylic oxidation sites excluding steroid dienone is 1. The average molecular weight is 544 g/mol.